The van der Waals surface area contributed by atoms with Gasteiger partial charge in [0.25, 0.3) is 0 Å². The van der Waals surface area contributed by atoms with Crippen LogP contribution < -0.4 is 0 Å². The van der Waals surface area contributed by atoms with Crippen molar-refractivity contribution in [1.29, 1.82) is 0 Å². The fraction of sp³-hybridized carbons (Fsp3) is 0.667. The first kappa shape index (κ1) is 11.1. The van der Waals surface area contributed by atoms with Crippen LogP contribution in [0.3, 0.4) is 0 Å². The summed E-state index contributed by atoms with van der Waals surface area (Å²) in [4.78, 5) is 9.73. The molecule has 0 aliphatic heterocycles. The monoisotopic (exact) mass is 178 g/mol. The second-order valence-corrected chi connectivity index (χ2v) is 2.17. The summed E-state index contributed by atoms with van der Waals surface area (Å²) in [6.45, 7) is -0.787. The Labute approximate surface area is 68.0 Å². The van der Waals surface area contributed by atoms with E-state index in [4.69, 9.17) is 25.5 Å². The lowest BCUT2D eigenvalue weighted by Crippen LogP contribution is -2.40. The number of hydrogen-bond donors (Lipinski definition) is 5. The Kier molecular flexibility index (Phi) is 4.50. The lowest BCUT2D eigenvalue weighted by atomic mass is 10.1. The molecule has 5 N–H and O–H groups in total. The Morgan fingerprint density at radius 1 is 1.33 bits per heavy atom. The van der Waals surface area contributed by atoms with Crippen molar-refractivity contribution in [3.05, 3.63) is 5.76 Å². The third-order valence-electron chi connectivity index (χ3n) is 1.29. The molecule has 0 saturated carbocycles. The Balaban J connectivity index is 4.28. The normalized spacial score (nSPS) is 17.7. The van der Waals surface area contributed by atoms with Crippen molar-refractivity contribution in [2.24, 2.45) is 0 Å². The highest BCUT2D eigenvalue weighted by Gasteiger charge is 2.27. The van der Waals surface area contributed by atoms with E-state index in [2.05, 4.69) is 0 Å². The van der Waals surface area contributed by atoms with Crippen molar-refractivity contribution in [3.63, 3.8) is 0 Å². The number of carbonyl (C=O) groups excluding carboxylic acids is 1. The van der Waals surface area contributed by atoms with E-state index in [9.17, 15) is 4.79 Å². The van der Waals surface area contributed by atoms with Gasteiger partial charge in [-0.2, -0.15) is 0 Å². The van der Waals surface area contributed by atoms with Gasteiger partial charge in [0.2, 0.25) is 5.76 Å². The summed E-state index contributed by atoms with van der Waals surface area (Å²) in [5, 5.41) is 43.2. The van der Waals surface area contributed by atoms with Gasteiger partial charge in [-0.05, 0) is 0 Å². The zero-order chi connectivity index (χ0) is 9.72. The number of aliphatic hydroxyl groups is 5. The van der Waals surface area contributed by atoms with Crippen molar-refractivity contribution in [1.82, 2.24) is 0 Å². The van der Waals surface area contributed by atoms with E-state index in [0.717, 1.165) is 5.94 Å². The van der Waals surface area contributed by atoms with Crippen LogP contribution in [0.4, 0.5) is 0 Å². The van der Waals surface area contributed by atoms with Gasteiger partial charge in [-0.25, -0.2) is 4.79 Å². The van der Waals surface area contributed by atoms with E-state index < -0.39 is 30.7 Å². The van der Waals surface area contributed by atoms with E-state index in [-0.39, 0.29) is 0 Å². The maximum absolute atomic E-state index is 9.73. The van der Waals surface area contributed by atoms with Crippen molar-refractivity contribution >= 4 is 5.94 Å². The molecule has 6 nitrogen and oxygen atoms in total. The van der Waals surface area contributed by atoms with Gasteiger partial charge in [0.05, 0.1) is 6.61 Å². The van der Waals surface area contributed by atoms with Gasteiger partial charge in [-0.3, -0.25) is 0 Å². The van der Waals surface area contributed by atoms with Gasteiger partial charge >= 0.3 is 0 Å². The number of rotatable bonds is 4. The third kappa shape index (κ3) is 2.61. The molecule has 3 atom stereocenters. The first-order valence-corrected chi connectivity index (χ1v) is 3.13. The highest BCUT2D eigenvalue weighted by Crippen LogP contribution is 2.04. The number of aliphatic hydroxyl groups excluding tert-OH is 5. The molecule has 6 heteroatoms. The van der Waals surface area contributed by atoms with E-state index >= 15 is 0 Å². The summed E-state index contributed by atoms with van der Waals surface area (Å²) in [5.41, 5.74) is 0. The largest absolute Gasteiger partial charge is 0.500 e. The average Bonchev–Trinajstić information content (AvgIpc) is 2.12. The van der Waals surface area contributed by atoms with Crippen LogP contribution in [0, 0.1) is 0 Å². The van der Waals surface area contributed by atoms with Crippen molar-refractivity contribution in [3.8, 4) is 0 Å². The molecular formula is C6H10O6. The van der Waals surface area contributed by atoms with Gasteiger partial charge < -0.3 is 25.5 Å². The quantitative estimate of drug-likeness (QED) is 0.237. The zero-order valence-electron chi connectivity index (χ0n) is 6.08. The number of hydrogen-bond acceptors (Lipinski definition) is 6. The van der Waals surface area contributed by atoms with Gasteiger partial charge in [0, 0.05) is 0 Å². The molecule has 0 aromatic carbocycles. The standard InChI is InChI=1S/C6H10O6/c7-1-3(9)5(11)6(12)4(10)2-8/h3,5-7,9-12H,1H2/t3-,5+,6+/m1/s1. The second-order valence-electron chi connectivity index (χ2n) is 2.17. The lowest BCUT2D eigenvalue weighted by Gasteiger charge is -2.18. The summed E-state index contributed by atoms with van der Waals surface area (Å²) < 4.78 is 0. The van der Waals surface area contributed by atoms with Gasteiger partial charge in [-0.15, -0.1) is 0 Å². The minimum Gasteiger partial charge on any atom is -0.500 e. The molecule has 0 aromatic rings. The summed E-state index contributed by atoms with van der Waals surface area (Å²) >= 11 is 0. The second kappa shape index (κ2) is 4.87. The third-order valence-corrected chi connectivity index (χ3v) is 1.29. The van der Waals surface area contributed by atoms with Crippen molar-refractivity contribution in [2.75, 3.05) is 6.61 Å². The summed E-state index contributed by atoms with van der Waals surface area (Å²) in [7, 11) is 0. The van der Waals surface area contributed by atoms with Crippen LogP contribution in [-0.2, 0) is 4.79 Å². The van der Waals surface area contributed by atoms with E-state index in [0.29, 0.717) is 0 Å². The van der Waals surface area contributed by atoms with E-state index in [1.807, 2.05) is 0 Å². The molecule has 0 fully saturated rings. The van der Waals surface area contributed by atoms with Crippen molar-refractivity contribution in [2.45, 2.75) is 18.3 Å². The predicted octanol–water partition coefficient (Wildman–Crippen LogP) is -2.67. The topological polar surface area (TPSA) is 118 Å². The molecular weight excluding hydrogens is 168 g/mol. The van der Waals surface area contributed by atoms with Gasteiger partial charge in [0.15, 0.2) is 12.0 Å². The summed E-state index contributed by atoms with van der Waals surface area (Å²) in [6, 6.07) is 0. The average molecular weight is 178 g/mol. The molecule has 0 radical (unpaired) electrons. The molecule has 70 valence electrons. The molecule has 0 spiro atoms. The maximum Gasteiger partial charge on any atom is 0.208 e. The molecule has 0 aliphatic carbocycles. The van der Waals surface area contributed by atoms with Crippen LogP contribution >= 0.6 is 0 Å². The zero-order valence-corrected chi connectivity index (χ0v) is 6.08. The molecule has 0 rings (SSSR count). The van der Waals surface area contributed by atoms with Gasteiger partial charge in [0.1, 0.15) is 12.2 Å². The summed E-state index contributed by atoms with van der Waals surface area (Å²) in [5.74, 6) is -0.172. The minimum absolute atomic E-state index is 0.787. The molecule has 0 saturated heterocycles. The highest BCUT2D eigenvalue weighted by molar-refractivity contribution is 5.50. The van der Waals surface area contributed by atoms with Crippen LogP contribution in [-0.4, -0.2) is 56.4 Å². The first-order chi connectivity index (χ1) is 5.54. The minimum atomic E-state index is -1.93. The van der Waals surface area contributed by atoms with E-state index in [1.165, 1.54) is 0 Å². The van der Waals surface area contributed by atoms with Crippen molar-refractivity contribution < 1.29 is 30.3 Å². The Hall–Kier alpha value is -0.910. The first-order valence-electron chi connectivity index (χ1n) is 3.13. The van der Waals surface area contributed by atoms with Crippen LogP contribution in [0.15, 0.2) is 5.76 Å². The maximum atomic E-state index is 9.73. The SMILES string of the molecule is O=C=C(O)[C@H](O)[C@@H](O)[C@H](O)CO. The fourth-order valence-electron chi connectivity index (χ4n) is 0.541. The van der Waals surface area contributed by atoms with Crippen LogP contribution in [0.5, 0.6) is 0 Å². The molecule has 0 aromatic heterocycles. The van der Waals surface area contributed by atoms with Crippen LogP contribution in [0.2, 0.25) is 0 Å². The molecule has 0 bridgehead atoms. The van der Waals surface area contributed by atoms with Crippen LogP contribution in [0.25, 0.3) is 0 Å². The molecule has 0 unspecified atom stereocenters. The Bertz CT molecular complexity index is 184. The Morgan fingerprint density at radius 2 is 1.83 bits per heavy atom. The molecule has 12 heavy (non-hydrogen) atoms. The van der Waals surface area contributed by atoms with Crippen LogP contribution in [0.1, 0.15) is 0 Å². The lowest BCUT2D eigenvalue weighted by molar-refractivity contribution is -0.0734. The molecule has 0 heterocycles. The van der Waals surface area contributed by atoms with E-state index in [1.54, 1.807) is 0 Å². The Morgan fingerprint density at radius 3 is 2.17 bits per heavy atom. The van der Waals surface area contributed by atoms with Gasteiger partial charge in [-0.1, -0.05) is 0 Å². The molecule has 0 amide bonds. The highest BCUT2D eigenvalue weighted by atomic mass is 16.4. The predicted molar refractivity (Wildman–Crippen MR) is 36.9 cm³/mol. The smallest absolute Gasteiger partial charge is 0.208 e. The fourth-order valence-corrected chi connectivity index (χ4v) is 0.541. The summed E-state index contributed by atoms with van der Waals surface area (Å²) in [6.07, 6.45) is -5.35. The molecule has 0 aliphatic rings.